The van der Waals surface area contributed by atoms with E-state index in [-0.39, 0.29) is 6.61 Å². The molecule has 1 saturated heterocycles. The minimum absolute atomic E-state index is 0.286. The summed E-state index contributed by atoms with van der Waals surface area (Å²) in [5.74, 6) is 1.62. The summed E-state index contributed by atoms with van der Waals surface area (Å²) in [5, 5.41) is 9.01. The first-order chi connectivity index (χ1) is 8.33. The third-order valence-electron chi connectivity index (χ3n) is 3.43. The highest BCUT2D eigenvalue weighted by molar-refractivity contribution is 5.41. The molecule has 4 nitrogen and oxygen atoms in total. The van der Waals surface area contributed by atoms with Gasteiger partial charge in [0.05, 0.1) is 0 Å². The van der Waals surface area contributed by atoms with Crippen LogP contribution in [0.4, 0.5) is 5.82 Å². The van der Waals surface area contributed by atoms with Gasteiger partial charge < -0.3 is 15.7 Å². The fraction of sp³-hybridized carbons (Fsp3) is 0.615. The molecule has 1 aliphatic heterocycles. The van der Waals surface area contributed by atoms with Gasteiger partial charge in [-0.2, -0.15) is 0 Å². The van der Waals surface area contributed by atoms with Gasteiger partial charge in [-0.05, 0) is 42.9 Å². The molecule has 4 heteroatoms. The number of rotatable bonds is 4. The zero-order valence-electron chi connectivity index (χ0n) is 10.2. The smallest absolute Gasteiger partial charge is 0.128 e. The minimum Gasteiger partial charge on any atom is -0.396 e. The standard InChI is InChI=1S/C13H21N3O/c14-9-12-3-5-15-13(8-12)16-6-1-2-11(10-16)4-7-17/h3,5,8,11,17H,1-2,4,6-7,9-10,14H2. The van der Waals surface area contributed by atoms with Crippen LogP contribution in [0.15, 0.2) is 18.3 Å². The molecule has 1 aliphatic rings. The van der Waals surface area contributed by atoms with Crippen molar-refractivity contribution in [3.05, 3.63) is 23.9 Å². The van der Waals surface area contributed by atoms with Crippen molar-refractivity contribution < 1.29 is 5.11 Å². The summed E-state index contributed by atoms with van der Waals surface area (Å²) >= 11 is 0. The highest BCUT2D eigenvalue weighted by atomic mass is 16.3. The number of hydrogen-bond donors (Lipinski definition) is 2. The van der Waals surface area contributed by atoms with Gasteiger partial charge in [-0.25, -0.2) is 4.98 Å². The third-order valence-corrected chi connectivity index (χ3v) is 3.43. The average Bonchev–Trinajstić information content (AvgIpc) is 2.40. The summed E-state index contributed by atoms with van der Waals surface area (Å²) in [4.78, 5) is 6.72. The summed E-state index contributed by atoms with van der Waals surface area (Å²) in [6.07, 6.45) is 5.12. The molecular formula is C13H21N3O. The normalized spacial score (nSPS) is 20.6. The van der Waals surface area contributed by atoms with E-state index >= 15 is 0 Å². The predicted molar refractivity (Wildman–Crippen MR) is 68.8 cm³/mol. The van der Waals surface area contributed by atoms with E-state index in [1.54, 1.807) is 0 Å². The lowest BCUT2D eigenvalue weighted by Gasteiger charge is -2.33. The van der Waals surface area contributed by atoms with Crippen molar-refractivity contribution in [2.45, 2.75) is 25.8 Å². The van der Waals surface area contributed by atoms with Crippen LogP contribution >= 0.6 is 0 Å². The molecule has 0 radical (unpaired) electrons. The largest absolute Gasteiger partial charge is 0.396 e. The summed E-state index contributed by atoms with van der Waals surface area (Å²) in [7, 11) is 0. The summed E-state index contributed by atoms with van der Waals surface area (Å²) in [5.41, 5.74) is 6.77. The van der Waals surface area contributed by atoms with Crippen LogP contribution in [0, 0.1) is 5.92 Å². The Kier molecular flexibility index (Phi) is 4.34. The van der Waals surface area contributed by atoms with Gasteiger partial charge in [-0.1, -0.05) is 0 Å². The van der Waals surface area contributed by atoms with Gasteiger partial charge >= 0.3 is 0 Å². The second-order valence-electron chi connectivity index (χ2n) is 4.69. The van der Waals surface area contributed by atoms with E-state index in [2.05, 4.69) is 16.0 Å². The first-order valence-corrected chi connectivity index (χ1v) is 6.34. The zero-order valence-corrected chi connectivity index (χ0v) is 10.2. The Morgan fingerprint density at radius 1 is 1.53 bits per heavy atom. The summed E-state index contributed by atoms with van der Waals surface area (Å²) in [6, 6.07) is 4.03. The van der Waals surface area contributed by atoms with Crippen molar-refractivity contribution in [1.82, 2.24) is 4.98 Å². The highest BCUT2D eigenvalue weighted by Crippen LogP contribution is 2.23. The number of aliphatic hydroxyl groups is 1. The van der Waals surface area contributed by atoms with E-state index in [9.17, 15) is 0 Å². The van der Waals surface area contributed by atoms with Gasteiger partial charge in [0.25, 0.3) is 0 Å². The van der Waals surface area contributed by atoms with Gasteiger partial charge in [0.1, 0.15) is 5.82 Å². The van der Waals surface area contributed by atoms with Crippen LogP contribution in [0.3, 0.4) is 0 Å². The molecule has 94 valence electrons. The van der Waals surface area contributed by atoms with Crippen LogP contribution in [0.1, 0.15) is 24.8 Å². The number of aliphatic hydroxyl groups excluding tert-OH is 1. The Morgan fingerprint density at radius 2 is 2.41 bits per heavy atom. The summed E-state index contributed by atoms with van der Waals surface area (Å²) in [6.45, 7) is 2.91. The third kappa shape index (κ3) is 3.17. The molecule has 0 spiro atoms. The predicted octanol–water partition coefficient (Wildman–Crippen LogP) is 1.14. The lowest BCUT2D eigenvalue weighted by molar-refractivity contribution is 0.244. The molecule has 1 fully saturated rings. The monoisotopic (exact) mass is 235 g/mol. The molecule has 0 bridgehead atoms. The first-order valence-electron chi connectivity index (χ1n) is 6.34. The maximum absolute atomic E-state index is 9.01. The maximum atomic E-state index is 9.01. The van der Waals surface area contributed by atoms with Crippen LogP contribution in [0.25, 0.3) is 0 Å². The van der Waals surface area contributed by atoms with Crippen molar-refractivity contribution in [1.29, 1.82) is 0 Å². The quantitative estimate of drug-likeness (QED) is 0.821. The molecule has 0 saturated carbocycles. The van der Waals surface area contributed by atoms with Gasteiger partial charge in [-0.15, -0.1) is 0 Å². The number of aromatic nitrogens is 1. The van der Waals surface area contributed by atoms with Crippen molar-refractivity contribution in [2.24, 2.45) is 11.7 Å². The lowest BCUT2D eigenvalue weighted by atomic mass is 9.95. The number of pyridine rings is 1. The fourth-order valence-corrected chi connectivity index (χ4v) is 2.45. The Morgan fingerprint density at radius 3 is 3.18 bits per heavy atom. The van der Waals surface area contributed by atoms with Crippen LogP contribution in [-0.4, -0.2) is 29.8 Å². The van der Waals surface area contributed by atoms with E-state index < -0.39 is 0 Å². The molecule has 1 atom stereocenters. The number of piperidine rings is 1. The van der Waals surface area contributed by atoms with Crippen LogP contribution in [0.2, 0.25) is 0 Å². The number of hydrogen-bond acceptors (Lipinski definition) is 4. The Bertz CT molecular complexity index is 354. The molecule has 1 unspecified atom stereocenters. The van der Waals surface area contributed by atoms with E-state index in [0.29, 0.717) is 12.5 Å². The van der Waals surface area contributed by atoms with Crippen LogP contribution in [0.5, 0.6) is 0 Å². The lowest BCUT2D eigenvalue weighted by Crippen LogP contribution is -2.36. The molecule has 3 N–H and O–H groups in total. The van der Waals surface area contributed by atoms with Crippen molar-refractivity contribution in [2.75, 3.05) is 24.6 Å². The second kappa shape index (κ2) is 5.98. The zero-order chi connectivity index (χ0) is 12.1. The summed E-state index contributed by atoms with van der Waals surface area (Å²) < 4.78 is 0. The molecule has 1 aromatic heterocycles. The van der Waals surface area contributed by atoms with Crippen LogP contribution < -0.4 is 10.6 Å². The Labute approximate surface area is 102 Å². The Balaban J connectivity index is 2.05. The first kappa shape index (κ1) is 12.3. The number of nitrogens with zero attached hydrogens (tertiary/aromatic N) is 2. The van der Waals surface area contributed by atoms with Crippen molar-refractivity contribution in [3.8, 4) is 0 Å². The molecule has 0 aromatic carbocycles. The van der Waals surface area contributed by atoms with Gasteiger partial charge in [0.15, 0.2) is 0 Å². The molecule has 2 heterocycles. The van der Waals surface area contributed by atoms with E-state index in [0.717, 1.165) is 30.9 Å². The average molecular weight is 235 g/mol. The second-order valence-corrected chi connectivity index (χ2v) is 4.69. The molecule has 2 rings (SSSR count). The Hall–Kier alpha value is -1.13. The molecule has 0 aliphatic carbocycles. The molecule has 17 heavy (non-hydrogen) atoms. The topological polar surface area (TPSA) is 62.4 Å². The van der Waals surface area contributed by atoms with Gasteiger partial charge in [0.2, 0.25) is 0 Å². The number of anilines is 1. The van der Waals surface area contributed by atoms with Crippen molar-refractivity contribution >= 4 is 5.82 Å². The highest BCUT2D eigenvalue weighted by Gasteiger charge is 2.20. The van der Waals surface area contributed by atoms with Crippen molar-refractivity contribution in [3.63, 3.8) is 0 Å². The molecular weight excluding hydrogens is 214 g/mol. The van der Waals surface area contributed by atoms with Gasteiger partial charge in [-0.3, -0.25) is 0 Å². The number of nitrogens with two attached hydrogens (primary N) is 1. The fourth-order valence-electron chi connectivity index (χ4n) is 2.45. The van der Waals surface area contributed by atoms with E-state index in [1.807, 2.05) is 12.3 Å². The van der Waals surface area contributed by atoms with E-state index in [4.69, 9.17) is 10.8 Å². The molecule has 0 amide bonds. The van der Waals surface area contributed by atoms with Crippen LogP contribution in [-0.2, 0) is 6.54 Å². The minimum atomic E-state index is 0.286. The SMILES string of the molecule is NCc1ccnc(N2CCCC(CCO)C2)c1. The van der Waals surface area contributed by atoms with E-state index in [1.165, 1.54) is 12.8 Å². The van der Waals surface area contributed by atoms with Gasteiger partial charge in [0, 0.05) is 32.4 Å². The molecule has 1 aromatic rings. The maximum Gasteiger partial charge on any atom is 0.128 e.